The minimum Gasteiger partial charge on any atom is -0.378 e. The lowest BCUT2D eigenvalue weighted by Crippen LogP contribution is -2.45. The number of likely N-dealkylation sites (N-methyl/N-ethyl adjacent to an activating group) is 1. The molecule has 1 unspecified atom stereocenters. The van der Waals surface area contributed by atoms with Crippen LogP contribution in [0.25, 0.3) is 0 Å². The molecule has 0 spiro atoms. The Hall–Kier alpha value is -0.290. The standard InChI is InChI=1S/C7H12F3NO/c1-11-2-3-12-5-6(11)4-7(8,9)10/h6H,2-5H2,1H3. The molecule has 5 heteroatoms. The van der Waals surface area contributed by atoms with E-state index in [4.69, 9.17) is 4.74 Å². The van der Waals surface area contributed by atoms with E-state index < -0.39 is 18.6 Å². The molecular formula is C7H12F3NO. The maximum absolute atomic E-state index is 11.9. The van der Waals surface area contributed by atoms with Crippen molar-refractivity contribution in [1.29, 1.82) is 0 Å². The zero-order chi connectivity index (χ0) is 9.19. The number of nitrogens with zero attached hydrogens (tertiary/aromatic N) is 1. The average Bonchev–Trinajstić information content (AvgIpc) is 1.91. The van der Waals surface area contributed by atoms with E-state index in [0.29, 0.717) is 13.2 Å². The smallest absolute Gasteiger partial charge is 0.378 e. The maximum Gasteiger partial charge on any atom is 0.390 e. The predicted molar refractivity (Wildman–Crippen MR) is 37.9 cm³/mol. The predicted octanol–water partition coefficient (Wildman–Crippen LogP) is 1.27. The molecule has 0 N–H and O–H groups in total. The second-order valence-corrected chi connectivity index (χ2v) is 3.03. The van der Waals surface area contributed by atoms with Gasteiger partial charge in [-0.25, -0.2) is 0 Å². The molecule has 1 saturated heterocycles. The van der Waals surface area contributed by atoms with Crippen LogP contribution in [0.2, 0.25) is 0 Å². The summed E-state index contributed by atoms with van der Waals surface area (Å²) in [6.07, 6.45) is -4.86. The van der Waals surface area contributed by atoms with Gasteiger partial charge in [-0.05, 0) is 7.05 Å². The Morgan fingerprint density at radius 3 is 2.67 bits per heavy atom. The number of alkyl halides is 3. The fraction of sp³-hybridized carbons (Fsp3) is 1.00. The second kappa shape index (κ2) is 3.62. The van der Waals surface area contributed by atoms with E-state index >= 15 is 0 Å². The third-order valence-corrected chi connectivity index (χ3v) is 1.99. The molecule has 1 aliphatic heterocycles. The number of morpholine rings is 1. The van der Waals surface area contributed by atoms with Crippen LogP contribution in [0.3, 0.4) is 0 Å². The molecule has 0 aliphatic carbocycles. The third kappa shape index (κ3) is 2.98. The van der Waals surface area contributed by atoms with E-state index in [-0.39, 0.29) is 6.61 Å². The van der Waals surface area contributed by atoms with Crippen molar-refractivity contribution in [3.63, 3.8) is 0 Å². The van der Waals surface area contributed by atoms with E-state index in [9.17, 15) is 13.2 Å². The quantitative estimate of drug-likeness (QED) is 0.607. The number of ether oxygens (including phenoxy) is 1. The topological polar surface area (TPSA) is 12.5 Å². The summed E-state index contributed by atoms with van der Waals surface area (Å²) in [4.78, 5) is 1.69. The summed E-state index contributed by atoms with van der Waals surface area (Å²) >= 11 is 0. The van der Waals surface area contributed by atoms with Crippen molar-refractivity contribution in [2.24, 2.45) is 0 Å². The molecule has 2 nitrogen and oxygen atoms in total. The van der Waals surface area contributed by atoms with Crippen LogP contribution in [0.15, 0.2) is 0 Å². The van der Waals surface area contributed by atoms with Crippen molar-refractivity contribution in [3.8, 4) is 0 Å². The van der Waals surface area contributed by atoms with Crippen molar-refractivity contribution in [2.45, 2.75) is 18.6 Å². The molecule has 1 aliphatic rings. The van der Waals surface area contributed by atoms with Gasteiger partial charge in [0.15, 0.2) is 0 Å². The summed E-state index contributed by atoms with van der Waals surface area (Å²) in [5.74, 6) is 0. The van der Waals surface area contributed by atoms with Gasteiger partial charge in [-0.15, -0.1) is 0 Å². The van der Waals surface area contributed by atoms with E-state index in [0.717, 1.165) is 0 Å². The average molecular weight is 183 g/mol. The normalized spacial score (nSPS) is 27.5. The van der Waals surface area contributed by atoms with Crippen LogP contribution in [0.5, 0.6) is 0 Å². The SMILES string of the molecule is CN1CCOCC1CC(F)(F)F. The minimum atomic E-state index is -4.08. The Morgan fingerprint density at radius 2 is 2.17 bits per heavy atom. The maximum atomic E-state index is 11.9. The van der Waals surface area contributed by atoms with E-state index in [1.807, 2.05) is 0 Å². The van der Waals surface area contributed by atoms with Crippen LogP contribution < -0.4 is 0 Å². The second-order valence-electron chi connectivity index (χ2n) is 3.03. The van der Waals surface area contributed by atoms with E-state index in [1.54, 1.807) is 11.9 Å². The molecule has 72 valence electrons. The van der Waals surface area contributed by atoms with Crippen molar-refractivity contribution < 1.29 is 17.9 Å². The van der Waals surface area contributed by atoms with Crippen LogP contribution in [-0.2, 0) is 4.74 Å². The number of hydrogen-bond donors (Lipinski definition) is 0. The zero-order valence-electron chi connectivity index (χ0n) is 6.90. The largest absolute Gasteiger partial charge is 0.390 e. The Balaban J connectivity index is 2.39. The molecule has 0 saturated carbocycles. The Labute approximate surface area is 69.3 Å². The summed E-state index contributed by atoms with van der Waals surface area (Å²) in [6, 6.07) is -0.501. The van der Waals surface area contributed by atoms with Crippen LogP contribution >= 0.6 is 0 Å². The highest BCUT2D eigenvalue weighted by atomic mass is 19.4. The summed E-state index contributed by atoms with van der Waals surface area (Å²) in [5.41, 5.74) is 0. The number of rotatable bonds is 1. The molecule has 12 heavy (non-hydrogen) atoms. The zero-order valence-corrected chi connectivity index (χ0v) is 6.90. The fourth-order valence-corrected chi connectivity index (χ4v) is 1.22. The summed E-state index contributed by atoms with van der Waals surface area (Å²) in [7, 11) is 1.69. The molecule has 0 bridgehead atoms. The highest BCUT2D eigenvalue weighted by Crippen LogP contribution is 2.24. The fourth-order valence-electron chi connectivity index (χ4n) is 1.22. The minimum absolute atomic E-state index is 0.190. The van der Waals surface area contributed by atoms with Gasteiger partial charge in [-0.2, -0.15) is 13.2 Å². The first-order valence-electron chi connectivity index (χ1n) is 3.84. The number of halogens is 3. The van der Waals surface area contributed by atoms with E-state index in [2.05, 4.69) is 0 Å². The first-order valence-corrected chi connectivity index (χ1v) is 3.84. The molecule has 1 rings (SSSR count). The molecule has 0 radical (unpaired) electrons. The molecule has 0 amide bonds. The van der Waals surface area contributed by atoms with Gasteiger partial charge in [0, 0.05) is 12.6 Å². The van der Waals surface area contributed by atoms with Gasteiger partial charge in [-0.1, -0.05) is 0 Å². The van der Waals surface area contributed by atoms with Gasteiger partial charge in [0.05, 0.1) is 19.6 Å². The Kier molecular flexibility index (Phi) is 2.95. The van der Waals surface area contributed by atoms with Crippen molar-refractivity contribution in [1.82, 2.24) is 4.90 Å². The molecule has 0 aromatic heterocycles. The lowest BCUT2D eigenvalue weighted by atomic mass is 10.1. The first-order chi connectivity index (χ1) is 5.49. The van der Waals surface area contributed by atoms with Crippen LogP contribution in [0, 0.1) is 0 Å². The molecular weight excluding hydrogens is 171 g/mol. The van der Waals surface area contributed by atoms with Crippen LogP contribution in [0.1, 0.15) is 6.42 Å². The molecule has 0 aromatic carbocycles. The monoisotopic (exact) mass is 183 g/mol. The van der Waals surface area contributed by atoms with Gasteiger partial charge in [0.25, 0.3) is 0 Å². The van der Waals surface area contributed by atoms with E-state index in [1.165, 1.54) is 0 Å². The van der Waals surface area contributed by atoms with Crippen molar-refractivity contribution in [2.75, 3.05) is 26.8 Å². The van der Waals surface area contributed by atoms with Gasteiger partial charge in [0.2, 0.25) is 0 Å². The summed E-state index contributed by atoms with van der Waals surface area (Å²) < 4.78 is 40.8. The van der Waals surface area contributed by atoms with Crippen LogP contribution in [-0.4, -0.2) is 43.9 Å². The summed E-state index contributed by atoms with van der Waals surface area (Å²) in [6.45, 7) is 1.31. The lowest BCUT2D eigenvalue weighted by Gasteiger charge is -2.32. The molecule has 1 atom stereocenters. The Bertz CT molecular complexity index is 148. The van der Waals surface area contributed by atoms with Crippen molar-refractivity contribution in [3.05, 3.63) is 0 Å². The van der Waals surface area contributed by atoms with Gasteiger partial charge >= 0.3 is 6.18 Å². The Morgan fingerprint density at radius 1 is 1.50 bits per heavy atom. The third-order valence-electron chi connectivity index (χ3n) is 1.99. The summed E-state index contributed by atoms with van der Waals surface area (Å²) in [5, 5.41) is 0. The molecule has 1 fully saturated rings. The van der Waals surface area contributed by atoms with Crippen molar-refractivity contribution >= 4 is 0 Å². The highest BCUT2D eigenvalue weighted by Gasteiger charge is 2.34. The van der Waals surface area contributed by atoms with Gasteiger partial charge < -0.3 is 4.74 Å². The van der Waals surface area contributed by atoms with Gasteiger partial charge in [-0.3, -0.25) is 4.90 Å². The molecule has 1 heterocycles. The first kappa shape index (κ1) is 9.80. The molecule has 0 aromatic rings. The van der Waals surface area contributed by atoms with Gasteiger partial charge in [0.1, 0.15) is 0 Å². The van der Waals surface area contributed by atoms with Crippen LogP contribution in [0.4, 0.5) is 13.2 Å². The number of hydrogen-bond acceptors (Lipinski definition) is 2. The highest BCUT2D eigenvalue weighted by molar-refractivity contribution is 4.75. The lowest BCUT2D eigenvalue weighted by molar-refractivity contribution is -0.157.